The number of carbonyl (C=O) groups is 2. The molecule has 4 heterocycles. The number of carbonyl (C=O) groups excluding carboxylic acids is 2. The Labute approximate surface area is 142 Å². The van der Waals surface area contributed by atoms with Crippen LogP contribution in [0.2, 0.25) is 0 Å². The third kappa shape index (κ3) is 2.82. The normalized spacial score (nSPS) is 28.8. The Kier molecular flexibility index (Phi) is 4.29. The van der Waals surface area contributed by atoms with E-state index in [2.05, 4.69) is 9.55 Å². The van der Waals surface area contributed by atoms with E-state index in [-0.39, 0.29) is 23.9 Å². The van der Waals surface area contributed by atoms with Crippen LogP contribution in [0.5, 0.6) is 0 Å². The van der Waals surface area contributed by atoms with E-state index in [0.29, 0.717) is 12.5 Å². The molecule has 0 spiro atoms. The molecule has 0 aliphatic carbocycles. The quantitative estimate of drug-likeness (QED) is 0.833. The molecule has 4 rings (SSSR count). The van der Waals surface area contributed by atoms with Gasteiger partial charge in [0.05, 0.1) is 12.4 Å². The molecule has 0 radical (unpaired) electrons. The van der Waals surface area contributed by atoms with Crippen molar-refractivity contribution in [1.29, 1.82) is 0 Å². The predicted octanol–water partition coefficient (Wildman–Crippen LogP) is 1.98. The third-order valence-electron chi connectivity index (χ3n) is 5.87. The second-order valence-electron chi connectivity index (χ2n) is 7.41. The van der Waals surface area contributed by atoms with Crippen molar-refractivity contribution in [2.24, 2.45) is 0 Å². The lowest BCUT2D eigenvalue weighted by Gasteiger charge is -2.47. The number of hydrogen-bond donors (Lipinski definition) is 0. The smallest absolute Gasteiger partial charge is 0.245 e. The summed E-state index contributed by atoms with van der Waals surface area (Å²) in [4.78, 5) is 33.6. The van der Waals surface area contributed by atoms with E-state index >= 15 is 0 Å². The first-order valence-electron chi connectivity index (χ1n) is 9.31. The van der Waals surface area contributed by atoms with Gasteiger partial charge in [0.2, 0.25) is 11.8 Å². The Morgan fingerprint density at radius 2 is 1.88 bits per heavy atom. The first-order valence-corrected chi connectivity index (χ1v) is 9.31. The Bertz CT molecular complexity index is 594. The lowest BCUT2D eigenvalue weighted by Crippen LogP contribution is -2.61. The molecule has 130 valence electrons. The average Bonchev–Trinajstić information content (AvgIpc) is 3.04. The minimum Gasteiger partial charge on any atom is -0.337 e. The van der Waals surface area contributed by atoms with Gasteiger partial charge in [-0.15, -0.1) is 0 Å². The highest BCUT2D eigenvalue weighted by molar-refractivity contribution is 5.88. The molecule has 1 aromatic heterocycles. The minimum absolute atomic E-state index is 0.157. The van der Waals surface area contributed by atoms with Crippen molar-refractivity contribution in [3.05, 3.63) is 18.7 Å². The molecule has 2 amide bonds. The zero-order chi connectivity index (χ0) is 16.5. The van der Waals surface area contributed by atoms with Crippen LogP contribution in [0.25, 0.3) is 0 Å². The molecule has 24 heavy (non-hydrogen) atoms. The van der Waals surface area contributed by atoms with Crippen molar-refractivity contribution >= 4 is 11.8 Å². The van der Waals surface area contributed by atoms with Gasteiger partial charge in [-0.3, -0.25) is 9.59 Å². The number of nitrogens with zero attached hydrogens (tertiary/aromatic N) is 4. The van der Waals surface area contributed by atoms with Gasteiger partial charge in [-0.2, -0.15) is 0 Å². The van der Waals surface area contributed by atoms with Gasteiger partial charge in [0.25, 0.3) is 0 Å². The lowest BCUT2D eigenvalue weighted by atomic mass is 9.88. The predicted molar refractivity (Wildman–Crippen MR) is 89.2 cm³/mol. The van der Waals surface area contributed by atoms with Gasteiger partial charge in [0.1, 0.15) is 6.04 Å². The van der Waals surface area contributed by atoms with E-state index < -0.39 is 0 Å². The maximum atomic E-state index is 13.0. The summed E-state index contributed by atoms with van der Waals surface area (Å²) in [6, 6.07) is 0.392. The highest BCUT2D eigenvalue weighted by Crippen LogP contribution is 2.32. The zero-order valence-electron chi connectivity index (χ0n) is 14.1. The summed E-state index contributed by atoms with van der Waals surface area (Å²) in [6.07, 6.45) is 13.4. The minimum atomic E-state index is -0.224. The molecule has 0 saturated carbocycles. The van der Waals surface area contributed by atoms with Crippen LogP contribution in [0.1, 0.15) is 57.4 Å². The van der Waals surface area contributed by atoms with Crippen LogP contribution >= 0.6 is 0 Å². The van der Waals surface area contributed by atoms with Crippen LogP contribution in [0.4, 0.5) is 0 Å². The SMILES string of the molecule is O=C([C@@H]1CCCC2CCCCCC(=O)N21)N1CC(n2ccnc2)C1. The van der Waals surface area contributed by atoms with E-state index in [4.69, 9.17) is 0 Å². The fourth-order valence-corrected chi connectivity index (χ4v) is 4.46. The second kappa shape index (κ2) is 6.57. The van der Waals surface area contributed by atoms with Crippen molar-refractivity contribution in [1.82, 2.24) is 19.4 Å². The van der Waals surface area contributed by atoms with E-state index in [9.17, 15) is 9.59 Å². The van der Waals surface area contributed by atoms with Crippen molar-refractivity contribution in [2.45, 2.75) is 69.5 Å². The molecule has 3 aliphatic rings. The molecule has 6 nitrogen and oxygen atoms in total. The van der Waals surface area contributed by atoms with Gasteiger partial charge in [0.15, 0.2) is 0 Å². The second-order valence-corrected chi connectivity index (χ2v) is 7.41. The van der Waals surface area contributed by atoms with Gasteiger partial charge in [-0.25, -0.2) is 4.98 Å². The van der Waals surface area contributed by atoms with Gasteiger partial charge in [-0.1, -0.05) is 12.8 Å². The topological polar surface area (TPSA) is 58.4 Å². The molecular weight excluding hydrogens is 304 g/mol. The largest absolute Gasteiger partial charge is 0.337 e. The number of hydrogen-bond acceptors (Lipinski definition) is 3. The first-order chi connectivity index (χ1) is 11.7. The van der Waals surface area contributed by atoms with E-state index in [0.717, 1.165) is 51.6 Å². The van der Waals surface area contributed by atoms with Gasteiger partial charge in [-0.05, 0) is 32.1 Å². The van der Waals surface area contributed by atoms with Crippen LogP contribution in [0.3, 0.4) is 0 Å². The number of rotatable bonds is 2. The number of piperidine rings is 1. The van der Waals surface area contributed by atoms with Gasteiger partial charge in [0, 0.05) is 37.9 Å². The highest BCUT2D eigenvalue weighted by atomic mass is 16.2. The monoisotopic (exact) mass is 330 g/mol. The Hall–Kier alpha value is -1.85. The highest BCUT2D eigenvalue weighted by Gasteiger charge is 2.42. The maximum absolute atomic E-state index is 13.0. The summed E-state index contributed by atoms with van der Waals surface area (Å²) in [5.74, 6) is 0.356. The maximum Gasteiger partial charge on any atom is 0.245 e. The van der Waals surface area contributed by atoms with E-state index in [1.54, 1.807) is 6.20 Å². The molecule has 6 heteroatoms. The molecule has 3 fully saturated rings. The van der Waals surface area contributed by atoms with Gasteiger partial charge >= 0.3 is 0 Å². The lowest BCUT2D eigenvalue weighted by molar-refractivity contribution is -0.155. The van der Waals surface area contributed by atoms with Crippen molar-refractivity contribution in [2.75, 3.05) is 13.1 Å². The molecule has 3 aliphatic heterocycles. The summed E-state index contributed by atoms with van der Waals surface area (Å²) in [5.41, 5.74) is 0. The van der Waals surface area contributed by atoms with E-state index in [1.807, 2.05) is 22.3 Å². The van der Waals surface area contributed by atoms with Crippen LogP contribution in [-0.2, 0) is 9.59 Å². The van der Waals surface area contributed by atoms with E-state index in [1.165, 1.54) is 6.42 Å². The molecular formula is C18H26N4O2. The summed E-state index contributed by atoms with van der Waals surface area (Å²) < 4.78 is 2.06. The number of likely N-dealkylation sites (tertiary alicyclic amines) is 1. The summed E-state index contributed by atoms with van der Waals surface area (Å²) in [6.45, 7) is 1.47. The molecule has 3 saturated heterocycles. The Morgan fingerprint density at radius 3 is 2.67 bits per heavy atom. The number of fused-ring (bicyclic) bond motifs is 1. The van der Waals surface area contributed by atoms with Crippen LogP contribution < -0.4 is 0 Å². The summed E-state index contributed by atoms with van der Waals surface area (Å²) in [5, 5.41) is 0. The van der Waals surface area contributed by atoms with Gasteiger partial charge < -0.3 is 14.4 Å². The molecule has 0 bridgehead atoms. The molecule has 0 N–H and O–H groups in total. The number of imidazole rings is 1. The van der Waals surface area contributed by atoms with Crippen LogP contribution in [0.15, 0.2) is 18.7 Å². The van der Waals surface area contributed by atoms with Crippen molar-refractivity contribution < 1.29 is 9.59 Å². The third-order valence-corrected chi connectivity index (χ3v) is 5.87. The molecule has 1 aromatic rings. The zero-order valence-corrected chi connectivity index (χ0v) is 14.1. The fourth-order valence-electron chi connectivity index (χ4n) is 4.46. The van der Waals surface area contributed by atoms with Crippen LogP contribution in [-0.4, -0.2) is 56.3 Å². The Morgan fingerprint density at radius 1 is 1.04 bits per heavy atom. The molecule has 0 aromatic carbocycles. The number of amides is 2. The molecule has 2 atom stereocenters. The average molecular weight is 330 g/mol. The van der Waals surface area contributed by atoms with Crippen molar-refractivity contribution in [3.63, 3.8) is 0 Å². The van der Waals surface area contributed by atoms with Crippen LogP contribution in [0, 0.1) is 0 Å². The fraction of sp³-hybridized carbons (Fsp3) is 0.722. The first kappa shape index (κ1) is 15.7. The standard InChI is InChI=1S/C18H26N4O2/c23-17-8-3-1-2-5-14-6-4-7-16(22(14)17)18(24)21-11-15(12-21)20-10-9-19-13-20/h9-10,13-16H,1-8,11-12H2/t14?,16-/m0/s1. The van der Waals surface area contributed by atoms with Crippen molar-refractivity contribution in [3.8, 4) is 0 Å². The summed E-state index contributed by atoms with van der Waals surface area (Å²) >= 11 is 0. The molecule has 1 unspecified atom stereocenters. The summed E-state index contributed by atoms with van der Waals surface area (Å²) in [7, 11) is 0. The number of aromatic nitrogens is 2. The Balaban J connectivity index is 1.44.